The second kappa shape index (κ2) is 10.3. The number of rotatable bonds is 9. The number of aryl methyl sites for hydroxylation is 1. The number of imidazole rings is 1. The first-order chi connectivity index (χ1) is 16.2. The Bertz CT molecular complexity index is 999. The number of benzene rings is 1. The summed E-state index contributed by atoms with van der Waals surface area (Å²) < 4.78 is 8.05. The molecule has 0 unspecified atom stereocenters. The predicted molar refractivity (Wildman–Crippen MR) is 126 cm³/mol. The first-order valence-corrected chi connectivity index (χ1v) is 11.8. The largest absolute Gasteiger partial charge is 0.494 e. The SMILES string of the molecule is O[C@@H]1C[C@H]2CN(Cc3cccc(OCCCn4ccnc4)c3)C[C@H]2C[C@H]1Nc1cnccn1. The fraction of sp³-hybridized carbons (Fsp3) is 0.480. The molecule has 0 amide bonds. The van der Waals surface area contributed by atoms with Crippen LogP contribution < -0.4 is 10.1 Å². The smallest absolute Gasteiger partial charge is 0.144 e. The Morgan fingerprint density at radius 3 is 2.82 bits per heavy atom. The van der Waals surface area contributed by atoms with Crippen LogP contribution in [0.4, 0.5) is 5.82 Å². The van der Waals surface area contributed by atoms with Gasteiger partial charge in [0.05, 0.1) is 31.3 Å². The van der Waals surface area contributed by atoms with Crippen LogP contribution in [-0.4, -0.2) is 61.4 Å². The van der Waals surface area contributed by atoms with Crippen LogP contribution in [0.15, 0.2) is 61.6 Å². The predicted octanol–water partition coefficient (Wildman–Crippen LogP) is 2.83. The molecule has 8 nitrogen and oxygen atoms in total. The standard InChI is InChI=1S/C25H32N6O2/c32-24-13-21-17-31(16-20(21)12-23(24)29-25-14-26-5-6-28-25)15-19-3-1-4-22(11-19)33-10-2-8-30-9-7-27-18-30/h1,3-7,9,11,14,18,20-21,23-24,32H,2,8,10,12-13,15-17H2,(H,28,29)/t20-,21+,23-,24-/m1/s1. The zero-order chi connectivity index (χ0) is 22.5. The van der Waals surface area contributed by atoms with Crippen molar-refractivity contribution < 1.29 is 9.84 Å². The molecule has 2 fully saturated rings. The molecule has 1 aromatic carbocycles. The highest BCUT2D eigenvalue weighted by Gasteiger charge is 2.41. The van der Waals surface area contributed by atoms with E-state index in [1.807, 2.05) is 18.6 Å². The highest BCUT2D eigenvalue weighted by Crippen LogP contribution is 2.38. The molecule has 4 atom stereocenters. The van der Waals surface area contributed by atoms with Crippen LogP contribution in [0.3, 0.4) is 0 Å². The quantitative estimate of drug-likeness (QED) is 0.487. The molecule has 3 heterocycles. The minimum Gasteiger partial charge on any atom is -0.494 e. The van der Waals surface area contributed by atoms with Gasteiger partial charge in [0.1, 0.15) is 11.6 Å². The fourth-order valence-corrected chi connectivity index (χ4v) is 5.22. The molecule has 33 heavy (non-hydrogen) atoms. The van der Waals surface area contributed by atoms with Crippen molar-refractivity contribution in [1.29, 1.82) is 0 Å². The molecule has 8 heteroatoms. The molecule has 0 bridgehead atoms. The van der Waals surface area contributed by atoms with Crippen LogP contribution in [0.5, 0.6) is 5.75 Å². The summed E-state index contributed by atoms with van der Waals surface area (Å²) in [6.07, 6.45) is 13.0. The number of aliphatic hydroxyl groups excluding tert-OH is 1. The molecule has 2 aromatic heterocycles. The van der Waals surface area contributed by atoms with Crippen LogP contribution in [0.2, 0.25) is 0 Å². The second-order valence-corrected chi connectivity index (χ2v) is 9.24. The molecule has 174 valence electrons. The van der Waals surface area contributed by atoms with E-state index in [-0.39, 0.29) is 12.1 Å². The van der Waals surface area contributed by atoms with Gasteiger partial charge in [0.15, 0.2) is 0 Å². The van der Waals surface area contributed by atoms with Crippen LogP contribution in [0.25, 0.3) is 0 Å². The van der Waals surface area contributed by atoms with Gasteiger partial charge in [-0.1, -0.05) is 12.1 Å². The molecule has 2 aliphatic rings. The summed E-state index contributed by atoms with van der Waals surface area (Å²) in [6, 6.07) is 8.47. The van der Waals surface area contributed by atoms with E-state index >= 15 is 0 Å². The molecule has 0 spiro atoms. The molecule has 1 aliphatic carbocycles. The molecule has 0 radical (unpaired) electrons. The van der Waals surface area contributed by atoms with Crippen molar-refractivity contribution in [2.45, 2.75) is 44.5 Å². The van der Waals surface area contributed by atoms with Crippen LogP contribution in [0.1, 0.15) is 24.8 Å². The monoisotopic (exact) mass is 448 g/mol. The van der Waals surface area contributed by atoms with Gasteiger partial charge in [-0.05, 0) is 48.8 Å². The van der Waals surface area contributed by atoms with Gasteiger partial charge < -0.3 is 19.7 Å². The first kappa shape index (κ1) is 21.9. The number of nitrogens with zero attached hydrogens (tertiary/aromatic N) is 5. The molecule has 1 aliphatic heterocycles. The molecule has 1 saturated heterocycles. The Kier molecular flexibility index (Phi) is 6.83. The third-order valence-corrected chi connectivity index (χ3v) is 6.81. The van der Waals surface area contributed by atoms with Crippen molar-refractivity contribution in [2.24, 2.45) is 11.8 Å². The lowest BCUT2D eigenvalue weighted by Gasteiger charge is -2.35. The van der Waals surface area contributed by atoms with Gasteiger partial charge in [-0.2, -0.15) is 0 Å². The zero-order valence-corrected chi connectivity index (χ0v) is 18.8. The third kappa shape index (κ3) is 5.69. The Morgan fingerprint density at radius 1 is 1.09 bits per heavy atom. The number of hydrogen-bond donors (Lipinski definition) is 2. The second-order valence-electron chi connectivity index (χ2n) is 9.24. The van der Waals surface area contributed by atoms with Crippen molar-refractivity contribution >= 4 is 5.82 Å². The molecule has 1 saturated carbocycles. The minimum atomic E-state index is -0.354. The fourth-order valence-electron chi connectivity index (χ4n) is 5.22. The van der Waals surface area contributed by atoms with Crippen LogP contribution >= 0.6 is 0 Å². The Morgan fingerprint density at radius 2 is 2.00 bits per heavy atom. The van der Waals surface area contributed by atoms with Crippen molar-refractivity contribution in [3.05, 3.63) is 67.1 Å². The topological polar surface area (TPSA) is 88.3 Å². The van der Waals surface area contributed by atoms with Crippen molar-refractivity contribution in [1.82, 2.24) is 24.4 Å². The normalized spacial score (nSPS) is 25.0. The maximum absolute atomic E-state index is 10.7. The van der Waals surface area contributed by atoms with E-state index in [9.17, 15) is 5.11 Å². The average molecular weight is 449 g/mol. The van der Waals surface area contributed by atoms with Gasteiger partial charge in [-0.15, -0.1) is 0 Å². The first-order valence-electron chi connectivity index (χ1n) is 11.8. The number of nitrogens with one attached hydrogen (secondary N) is 1. The van der Waals surface area contributed by atoms with Crippen LogP contribution in [0, 0.1) is 11.8 Å². The van der Waals surface area contributed by atoms with Gasteiger partial charge in [-0.3, -0.25) is 9.88 Å². The molecule has 3 aromatic rings. The lowest BCUT2D eigenvalue weighted by Crippen LogP contribution is -2.43. The number of anilines is 1. The molecular weight excluding hydrogens is 416 g/mol. The summed E-state index contributed by atoms with van der Waals surface area (Å²) in [5, 5.41) is 14.1. The molecule has 2 N–H and O–H groups in total. The van der Waals surface area contributed by atoms with Gasteiger partial charge in [0, 0.05) is 51.0 Å². The average Bonchev–Trinajstić information content (AvgIpc) is 3.47. The molecule has 5 rings (SSSR count). The lowest BCUT2D eigenvalue weighted by atomic mass is 9.77. The number of aliphatic hydroxyl groups is 1. The van der Waals surface area contributed by atoms with E-state index in [0.717, 1.165) is 57.0 Å². The Labute approximate surface area is 194 Å². The summed E-state index contributed by atoms with van der Waals surface area (Å²) in [5.74, 6) is 2.79. The summed E-state index contributed by atoms with van der Waals surface area (Å²) >= 11 is 0. The van der Waals surface area contributed by atoms with Crippen molar-refractivity contribution in [2.75, 3.05) is 25.0 Å². The van der Waals surface area contributed by atoms with Gasteiger partial charge in [0.2, 0.25) is 0 Å². The Balaban J connectivity index is 1.11. The molecular formula is C25H32N6O2. The minimum absolute atomic E-state index is 0.0296. The van der Waals surface area contributed by atoms with Crippen molar-refractivity contribution in [3.63, 3.8) is 0 Å². The number of likely N-dealkylation sites (tertiary alicyclic amines) is 1. The highest BCUT2D eigenvalue weighted by molar-refractivity contribution is 5.32. The maximum Gasteiger partial charge on any atom is 0.144 e. The van der Waals surface area contributed by atoms with E-state index in [2.05, 4.69) is 47.9 Å². The van der Waals surface area contributed by atoms with Gasteiger partial charge in [0.25, 0.3) is 0 Å². The van der Waals surface area contributed by atoms with E-state index in [4.69, 9.17) is 4.74 Å². The van der Waals surface area contributed by atoms with E-state index in [1.54, 1.807) is 24.8 Å². The maximum atomic E-state index is 10.7. The number of aromatic nitrogens is 4. The van der Waals surface area contributed by atoms with Gasteiger partial charge in [-0.25, -0.2) is 9.97 Å². The van der Waals surface area contributed by atoms with Gasteiger partial charge >= 0.3 is 0 Å². The van der Waals surface area contributed by atoms with Crippen molar-refractivity contribution in [3.8, 4) is 5.75 Å². The number of hydrogen-bond acceptors (Lipinski definition) is 7. The van der Waals surface area contributed by atoms with E-state index < -0.39 is 0 Å². The summed E-state index contributed by atoms with van der Waals surface area (Å²) in [4.78, 5) is 15.0. The summed E-state index contributed by atoms with van der Waals surface area (Å²) in [6.45, 7) is 4.61. The summed E-state index contributed by atoms with van der Waals surface area (Å²) in [7, 11) is 0. The summed E-state index contributed by atoms with van der Waals surface area (Å²) in [5.41, 5.74) is 1.27. The lowest BCUT2D eigenvalue weighted by molar-refractivity contribution is 0.0735. The van der Waals surface area contributed by atoms with E-state index in [1.165, 1.54) is 5.56 Å². The van der Waals surface area contributed by atoms with Crippen LogP contribution in [-0.2, 0) is 13.1 Å². The Hall–Kier alpha value is -2.97. The van der Waals surface area contributed by atoms with E-state index in [0.29, 0.717) is 18.4 Å². The zero-order valence-electron chi connectivity index (χ0n) is 18.8. The third-order valence-electron chi connectivity index (χ3n) is 6.81. The number of fused-ring (bicyclic) bond motifs is 1. The highest BCUT2D eigenvalue weighted by atomic mass is 16.5. The number of ether oxygens (including phenoxy) is 1.